The van der Waals surface area contributed by atoms with E-state index in [4.69, 9.17) is 0 Å². The summed E-state index contributed by atoms with van der Waals surface area (Å²) in [6.45, 7) is 9.00. The maximum atomic E-state index is 2.37. The smallest absolute Gasteiger partial charge is 0.0351 e. The summed E-state index contributed by atoms with van der Waals surface area (Å²) < 4.78 is 0. The summed E-state index contributed by atoms with van der Waals surface area (Å²) in [5, 5.41) is 0. The van der Waals surface area contributed by atoms with Gasteiger partial charge in [-0.25, -0.2) is 0 Å². The van der Waals surface area contributed by atoms with Crippen LogP contribution in [0.15, 0.2) is 24.3 Å². The van der Waals surface area contributed by atoms with Gasteiger partial charge in [0.2, 0.25) is 0 Å². The highest BCUT2D eigenvalue weighted by Gasteiger charge is 1.85. The second kappa shape index (κ2) is 27.3. The van der Waals surface area contributed by atoms with E-state index < -0.39 is 0 Å². The van der Waals surface area contributed by atoms with Crippen LogP contribution < -0.4 is 0 Å². The summed E-state index contributed by atoms with van der Waals surface area (Å²) >= 11 is 0. The number of allylic oxidation sites excluding steroid dienone is 4. The number of unbranched alkanes of at least 4 members (excludes halogenated alkanes) is 12. The van der Waals surface area contributed by atoms with Crippen molar-refractivity contribution in [2.75, 3.05) is 0 Å². The molecule has 0 saturated carbocycles. The van der Waals surface area contributed by atoms with E-state index in [1.807, 2.05) is 0 Å². The lowest BCUT2D eigenvalue weighted by Crippen LogP contribution is -1.74. The SMILES string of the molecule is CCC/C=C\CCCCCC.CCCCC/C=C\CCCCCC. The molecule has 0 aliphatic heterocycles. The molecule has 0 bridgehead atoms. The van der Waals surface area contributed by atoms with Gasteiger partial charge in [0.1, 0.15) is 0 Å². The van der Waals surface area contributed by atoms with E-state index in [9.17, 15) is 0 Å². The van der Waals surface area contributed by atoms with Gasteiger partial charge in [-0.1, -0.05) is 110 Å². The Morgan fingerprint density at radius 2 is 0.667 bits per heavy atom. The Labute approximate surface area is 155 Å². The molecule has 0 rings (SSSR count). The van der Waals surface area contributed by atoms with Crippen LogP contribution in [0.4, 0.5) is 0 Å². The van der Waals surface area contributed by atoms with Gasteiger partial charge in [-0.15, -0.1) is 0 Å². The molecule has 0 aromatic rings. The Bertz CT molecular complexity index is 236. The largest absolute Gasteiger partial charge is 0.0885 e. The Balaban J connectivity index is 0. The Morgan fingerprint density at radius 1 is 0.333 bits per heavy atom. The minimum Gasteiger partial charge on any atom is -0.0885 e. The maximum Gasteiger partial charge on any atom is -0.0351 e. The highest BCUT2D eigenvalue weighted by molar-refractivity contribution is 4.81. The molecule has 0 aliphatic rings. The third-order valence-electron chi connectivity index (χ3n) is 4.21. The van der Waals surface area contributed by atoms with Gasteiger partial charge in [0.25, 0.3) is 0 Å². The molecule has 144 valence electrons. The first-order chi connectivity index (χ1) is 11.8. The van der Waals surface area contributed by atoms with Crippen LogP contribution in [-0.2, 0) is 0 Å². The molecular formula is C24H48. The molecule has 0 aliphatic carbocycles. The third-order valence-corrected chi connectivity index (χ3v) is 4.21. The topological polar surface area (TPSA) is 0 Å². The zero-order chi connectivity index (χ0) is 18.1. The predicted molar refractivity (Wildman–Crippen MR) is 115 cm³/mol. The second-order valence-corrected chi connectivity index (χ2v) is 6.93. The number of rotatable bonds is 16. The first-order valence-electron chi connectivity index (χ1n) is 11.1. The highest BCUT2D eigenvalue weighted by atomic mass is 13.9. The molecule has 0 aromatic carbocycles. The molecule has 0 heteroatoms. The van der Waals surface area contributed by atoms with Crippen LogP contribution in [0.25, 0.3) is 0 Å². The van der Waals surface area contributed by atoms with E-state index in [1.165, 1.54) is 103 Å². The fourth-order valence-electron chi connectivity index (χ4n) is 2.53. The van der Waals surface area contributed by atoms with Crippen LogP contribution in [0.5, 0.6) is 0 Å². The molecule has 0 aromatic heterocycles. The molecule has 0 nitrogen and oxygen atoms in total. The number of hydrogen-bond donors (Lipinski definition) is 0. The zero-order valence-corrected chi connectivity index (χ0v) is 17.6. The van der Waals surface area contributed by atoms with E-state index in [-0.39, 0.29) is 0 Å². The molecule has 0 fully saturated rings. The molecule has 0 saturated heterocycles. The van der Waals surface area contributed by atoms with Crippen LogP contribution in [0.2, 0.25) is 0 Å². The summed E-state index contributed by atoms with van der Waals surface area (Å²) in [7, 11) is 0. The van der Waals surface area contributed by atoms with Gasteiger partial charge >= 0.3 is 0 Å². The van der Waals surface area contributed by atoms with E-state index in [1.54, 1.807) is 0 Å². The van der Waals surface area contributed by atoms with Crippen molar-refractivity contribution >= 4 is 0 Å². The average molecular weight is 337 g/mol. The lowest BCUT2D eigenvalue weighted by Gasteiger charge is -1.94. The van der Waals surface area contributed by atoms with Crippen LogP contribution >= 0.6 is 0 Å². The lowest BCUT2D eigenvalue weighted by atomic mass is 10.1. The number of hydrogen-bond acceptors (Lipinski definition) is 0. The summed E-state index contributed by atoms with van der Waals surface area (Å²) in [4.78, 5) is 0. The van der Waals surface area contributed by atoms with Crippen molar-refractivity contribution in [2.24, 2.45) is 0 Å². The fourth-order valence-corrected chi connectivity index (χ4v) is 2.53. The van der Waals surface area contributed by atoms with Crippen molar-refractivity contribution < 1.29 is 0 Å². The van der Waals surface area contributed by atoms with E-state index in [2.05, 4.69) is 52.0 Å². The van der Waals surface area contributed by atoms with Crippen molar-refractivity contribution in [1.29, 1.82) is 0 Å². The van der Waals surface area contributed by atoms with Gasteiger partial charge in [-0.3, -0.25) is 0 Å². The average Bonchev–Trinajstić information content (AvgIpc) is 2.60. The lowest BCUT2D eigenvalue weighted by molar-refractivity contribution is 0.672. The molecule has 0 atom stereocenters. The van der Waals surface area contributed by atoms with Crippen molar-refractivity contribution in [3.05, 3.63) is 24.3 Å². The van der Waals surface area contributed by atoms with Crippen LogP contribution in [0.1, 0.15) is 130 Å². The summed E-state index contributed by atoms with van der Waals surface area (Å²) in [6, 6.07) is 0. The normalized spacial score (nSPS) is 11.2. The van der Waals surface area contributed by atoms with Gasteiger partial charge in [0, 0.05) is 0 Å². The monoisotopic (exact) mass is 336 g/mol. The van der Waals surface area contributed by atoms with E-state index >= 15 is 0 Å². The summed E-state index contributed by atoms with van der Waals surface area (Å²) in [6.07, 6.45) is 31.0. The Morgan fingerprint density at radius 3 is 1.04 bits per heavy atom. The minimum atomic E-state index is 1.26. The molecule has 0 unspecified atom stereocenters. The van der Waals surface area contributed by atoms with Gasteiger partial charge < -0.3 is 0 Å². The van der Waals surface area contributed by atoms with Crippen molar-refractivity contribution in [1.82, 2.24) is 0 Å². The Hall–Kier alpha value is -0.520. The summed E-state index contributed by atoms with van der Waals surface area (Å²) in [5.41, 5.74) is 0. The molecule has 0 radical (unpaired) electrons. The van der Waals surface area contributed by atoms with E-state index in [0.29, 0.717) is 0 Å². The van der Waals surface area contributed by atoms with Crippen LogP contribution in [0.3, 0.4) is 0 Å². The molecule has 0 N–H and O–H groups in total. The fraction of sp³-hybridized carbons (Fsp3) is 0.833. The standard InChI is InChI=1S/C13H26.C11H22/c1-3-5-7-9-11-13-12-10-8-6-4-2;1-3-5-7-9-11-10-8-6-4-2/h11,13H,3-10,12H2,1-2H3;7,9H,3-6,8,10-11H2,1-2H3/b13-11-;9-7-. The van der Waals surface area contributed by atoms with Crippen LogP contribution in [0, 0.1) is 0 Å². The van der Waals surface area contributed by atoms with E-state index in [0.717, 1.165) is 0 Å². The molecule has 0 amide bonds. The zero-order valence-electron chi connectivity index (χ0n) is 17.6. The molecule has 0 spiro atoms. The molecule has 0 heterocycles. The Kier molecular flexibility index (Phi) is 29.3. The minimum absolute atomic E-state index is 1.26. The predicted octanol–water partition coefficient (Wildman–Crippen LogP) is 9.41. The van der Waals surface area contributed by atoms with Gasteiger partial charge in [-0.2, -0.15) is 0 Å². The third kappa shape index (κ3) is 29.5. The van der Waals surface area contributed by atoms with Crippen molar-refractivity contribution in [3.8, 4) is 0 Å². The summed E-state index contributed by atoms with van der Waals surface area (Å²) in [5.74, 6) is 0. The molecule has 24 heavy (non-hydrogen) atoms. The highest BCUT2D eigenvalue weighted by Crippen LogP contribution is 2.05. The van der Waals surface area contributed by atoms with Gasteiger partial charge in [0.05, 0.1) is 0 Å². The first-order valence-corrected chi connectivity index (χ1v) is 11.1. The quantitative estimate of drug-likeness (QED) is 0.194. The second-order valence-electron chi connectivity index (χ2n) is 6.93. The molecular weight excluding hydrogens is 288 g/mol. The van der Waals surface area contributed by atoms with Crippen molar-refractivity contribution in [2.45, 2.75) is 130 Å². The van der Waals surface area contributed by atoms with Crippen LogP contribution in [-0.4, -0.2) is 0 Å². The maximum absolute atomic E-state index is 2.37. The first kappa shape index (κ1) is 25.7. The van der Waals surface area contributed by atoms with Crippen molar-refractivity contribution in [3.63, 3.8) is 0 Å². The van der Waals surface area contributed by atoms with Gasteiger partial charge in [-0.05, 0) is 44.9 Å². The van der Waals surface area contributed by atoms with Gasteiger partial charge in [0.15, 0.2) is 0 Å².